The molecule has 0 N–H and O–H groups in total. The summed E-state index contributed by atoms with van der Waals surface area (Å²) in [5.41, 5.74) is 28.9. The predicted molar refractivity (Wildman–Crippen MR) is 393 cm³/mol. The monoisotopic (exact) mass is 1180 g/mol. The molecule has 0 unspecified atom stereocenters. The molecule has 0 atom stereocenters. The lowest BCUT2D eigenvalue weighted by atomic mass is 9.92. The van der Waals surface area contributed by atoms with Crippen LogP contribution in [0.3, 0.4) is 0 Å². The zero-order valence-corrected chi connectivity index (χ0v) is 50.9. The Morgan fingerprint density at radius 2 is 0.387 bits per heavy atom. The quantitative estimate of drug-likeness (QED) is 0.123. The molecule has 434 valence electrons. The Kier molecular flexibility index (Phi) is 12.9. The second kappa shape index (κ2) is 22.3. The van der Waals surface area contributed by atoms with Crippen LogP contribution >= 0.6 is 0 Å². The molecule has 0 radical (unpaired) electrons. The minimum Gasteiger partial charge on any atom is -0.309 e. The van der Waals surface area contributed by atoms with Gasteiger partial charge in [0.1, 0.15) is 0 Å². The molecule has 15 aromatic carbocycles. The number of nitrogens with zero attached hydrogens (tertiary/aromatic N) is 3. The summed E-state index contributed by atoms with van der Waals surface area (Å²) in [4.78, 5) is 0. The summed E-state index contributed by atoms with van der Waals surface area (Å²) in [6.07, 6.45) is 0. The van der Waals surface area contributed by atoms with Crippen LogP contribution in [0.5, 0.6) is 0 Å². The van der Waals surface area contributed by atoms with Crippen molar-refractivity contribution in [1.82, 2.24) is 13.7 Å². The molecule has 93 heavy (non-hydrogen) atoms. The van der Waals surface area contributed by atoms with E-state index in [-0.39, 0.29) is 0 Å². The molecular weight excluding hydrogens is 1120 g/mol. The maximum absolute atomic E-state index is 2.57. The summed E-state index contributed by atoms with van der Waals surface area (Å²) in [6.45, 7) is 0. The minimum absolute atomic E-state index is 1.06. The molecule has 0 aliphatic carbocycles. The Bertz CT molecular complexity index is 5610. The van der Waals surface area contributed by atoms with Crippen molar-refractivity contribution in [3.05, 3.63) is 358 Å². The van der Waals surface area contributed by atoms with E-state index in [0.29, 0.717) is 0 Å². The lowest BCUT2D eigenvalue weighted by Gasteiger charge is -2.19. The number of benzene rings is 15. The highest BCUT2D eigenvalue weighted by molar-refractivity contribution is 6.17. The molecule has 3 nitrogen and oxygen atoms in total. The van der Waals surface area contributed by atoms with Crippen molar-refractivity contribution in [2.75, 3.05) is 0 Å². The smallest absolute Gasteiger partial charge is 0.0724 e. The molecule has 3 aromatic heterocycles. The van der Waals surface area contributed by atoms with Crippen molar-refractivity contribution in [1.29, 1.82) is 0 Å². The summed E-state index contributed by atoms with van der Waals surface area (Å²) in [5.74, 6) is 0. The van der Waals surface area contributed by atoms with Crippen molar-refractivity contribution in [2.24, 2.45) is 0 Å². The molecule has 0 spiro atoms. The summed E-state index contributed by atoms with van der Waals surface area (Å²) in [6, 6.07) is 132. The minimum atomic E-state index is 1.06. The lowest BCUT2D eigenvalue weighted by molar-refractivity contribution is 1.09. The number of fused-ring (bicyclic) bond motifs is 9. The Hall–Kier alpha value is -12.3. The van der Waals surface area contributed by atoms with Gasteiger partial charge in [0.15, 0.2) is 0 Å². The van der Waals surface area contributed by atoms with Crippen molar-refractivity contribution < 1.29 is 0 Å². The number of hydrogen-bond donors (Lipinski definition) is 0. The summed E-state index contributed by atoms with van der Waals surface area (Å²) < 4.78 is 7.60. The summed E-state index contributed by atoms with van der Waals surface area (Å²) in [5, 5.41) is 7.05. The first-order valence-electron chi connectivity index (χ1n) is 32.1. The van der Waals surface area contributed by atoms with Crippen molar-refractivity contribution in [3.63, 3.8) is 0 Å². The first kappa shape index (κ1) is 53.7. The first-order valence-corrected chi connectivity index (χ1v) is 32.1. The second-order valence-electron chi connectivity index (χ2n) is 24.3. The predicted octanol–water partition coefficient (Wildman–Crippen LogP) is 24.3. The molecule has 0 amide bonds. The van der Waals surface area contributed by atoms with Crippen LogP contribution < -0.4 is 0 Å². The fourth-order valence-electron chi connectivity index (χ4n) is 14.9. The van der Waals surface area contributed by atoms with Crippen LogP contribution in [0.2, 0.25) is 0 Å². The fraction of sp³-hybridized carbons (Fsp3) is 0. The van der Waals surface area contributed by atoms with Gasteiger partial charge in [-0.05, 0) is 168 Å². The van der Waals surface area contributed by atoms with Gasteiger partial charge in [0.25, 0.3) is 0 Å². The third-order valence-corrected chi connectivity index (χ3v) is 19.1. The molecule has 0 saturated carbocycles. The maximum atomic E-state index is 2.57. The number of hydrogen-bond acceptors (Lipinski definition) is 0. The summed E-state index contributed by atoms with van der Waals surface area (Å²) >= 11 is 0. The third-order valence-electron chi connectivity index (χ3n) is 19.1. The van der Waals surface area contributed by atoms with Gasteiger partial charge < -0.3 is 13.7 Å². The average molecular weight is 1180 g/mol. The van der Waals surface area contributed by atoms with E-state index in [1.54, 1.807) is 0 Å². The van der Waals surface area contributed by atoms with Crippen LogP contribution in [0, 0.1) is 0 Å². The highest BCUT2D eigenvalue weighted by atomic mass is 15.1. The van der Waals surface area contributed by atoms with E-state index in [2.05, 4.69) is 372 Å². The van der Waals surface area contributed by atoms with E-state index in [1.165, 1.54) is 99.1 Å². The third kappa shape index (κ3) is 9.04. The van der Waals surface area contributed by atoms with Crippen molar-refractivity contribution in [2.45, 2.75) is 0 Å². The van der Waals surface area contributed by atoms with Crippen LogP contribution in [0.15, 0.2) is 358 Å². The SMILES string of the molecule is c1ccc(-c2ccccc2-c2ccc3c(c2)c2cc(-c4ccccc4-c4ccccc4)ccc2n3-c2cc3c4ccccc4n(-c4ccccc4)c3cc2-n2c3ccc(-c4ccccc4-c4ccccc4)cc3c3cc(-c4ccccc4-c4ccccc4)ccc32)cc1. The second-order valence-corrected chi connectivity index (χ2v) is 24.3. The average Bonchev–Trinajstić information content (AvgIpc) is 1.56. The molecule has 3 heterocycles. The van der Waals surface area contributed by atoms with Crippen LogP contribution in [0.25, 0.3) is 171 Å². The van der Waals surface area contributed by atoms with E-state index in [0.717, 1.165) is 72.4 Å². The molecule has 0 saturated heterocycles. The Labute approximate surface area is 539 Å². The Balaban J connectivity index is 0.961. The Morgan fingerprint density at radius 1 is 0.140 bits per heavy atom. The molecule has 0 aliphatic rings. The van der Waals surface area contributed by atoms with Crippen molar-refractivity contribution >= 4 is 65.4 Å². The van der Waals surface area contributed by atoms with E-state index >= 15 is 0 Å². The highest BCUT2D eigenvalue weighted by Crippen LogP contribution is 2.47. The van der Waals surface area contributed by atoms with Gasteiger partial charge in [-0.3, -0.25) is 0 Å². The molecule has 18 aromatic rings. The van der Waals surface area contributed by atoms with E-state index in [4.69, 9.17) is 0 Å². The van der Waals surface area contributed by atoms with Gasteiger partial charge in [-0.2, -0.15) is 0 Å². The molecule has 18 rings (SSSR count). The van der Waals surface area contributed by atoms with Crippen LogP contribution in [-0.2, 0) is 0 Å². The van der Waals surface area contributed by atoms with Gasteiger partial charge in [-0.25, -0.2) is 0 Å². The molecule has 3 heteroatoms. The van der Waals surface area contributed by atoms with E-state index in [1.807, 2.05) is 0 Å². The van der Waals surface area contributed by atoms with Gasteiger partial charge >= 0.3 is 0 Å². The van der Waals surface area contributed by atoms with Gasteiger partial charge in [0.05, 0.1) is 44.5 Å². The molecule has 0 fully saturated rings. The van der Waals surface area contributed by atoms with Gasteiger partial charge in [0.2, 0.25) is 0 Å². The summed E-state index contributed by atoms with van der Waals surface area (Å²) in [7, 11) is 0. The van der Waals surface area contributed by atoms with E-state index in [9.17, 15) is 0 Å². The molecular formula is C90H59N3. The van der Waals surface area contributed by atoms with Gasteiger partial charge in [-0.15, -0.1) is 0 Å². The van der Waals surface area contributed by atoms with Crippen LogP contribution in [-0.4, -0.2) is 13.7 Å². The highest BCUT2D eigenvalue weighted by Gasteiger charge is 2.26. The normalized spacial score (nSPS) is 11.7. The van der Waals surface area contributed by atoms with E-state index < -0.39 is 0 Å². The van der Waals surface area contributed by atoms with Crippen LogP contribution in [0.1, 0.15) is 0 Å². The first-order chi connectivity index (χ1) is 46.2. The molecule has 0 aliphatic heterocycles. The number of aromatic nitrogens is 3. The van der Waals surface area contributed by atoms with Gasteiger partial charge in [0, 0.05) is 38.0 Å². The zero-order chi connectivity index (χ0) is 61.3. The lowest BCUT2D eigenvalue weighted by Crippen LogP contribution is -2.04. The van der Waals surface area contributed by atoms with Gasteiger partial charge in [-0.1, -0.05) is 279 Å². The zero-order valence-electron chi connectivity index (χ0n) is 50.9. The number of rotatable bonds is 11. The molecule has 0 bridgehead atoms. The van der Waals surface area contributed by atoms with Crippen molar-refractivity contribution in [3.8, 4) is 106 Å². The number of para-hydroxylation sites is 2. The Morgan fingerprint density at radius 3 is 0.720 bits per heavy atom. The van der Waals surface area contributed by atoms with Crippen LogP contribution in [0.4, 0.5) is 0 Å². The standard InChI is InChI=1S/C90H59N3/c1-6-26-60(27-7-1)69-36-16-20-40-73(69)64-46-50-84-78(54-64)79-55-65(74-41-21-17-37-70(74)61-28-8-2-9-29-61)47-51-85(79)92(84)89-58-82-77-44-24-25-45-83(77)91(68-34-14-5-15-35-68)88(82)59-90(89)93-86-52-48-66(75-42-22-18-38-71(75)62-30-10-3-11-31-62)56-80(86)81-57-67(49-53-87(81)93)76-43-23-19-39-72(76)63-32-12-4-13-33-63/h1-59H. The fourth-order valence-corrected chi connectivity index (χ4v) is 14.9. The largest absolute Gasteiger partial charge is 0.309 e. The maximum Gasteiger partial charge on any atom is 0.0724 e. The topological polar surface area (TPSA) is 14.8 Å².